The van der Waals surface area contributed by atoms with Crippen LogP contribution in [-0.4, -0.2) is 52.0 Å². The predicted octanol–water partition coefficient (Wildman–Crippen LogP) is 2.24. The zero-order valence-corrected chi connectivity index (χ0v) is 14.9. The molecule has 2 aromatic rings. The molecule has 0 unspecified atom stereocenters. The lowest BCUT2D eigenvalue weighted by Crippen LogP contribution is -2.63. The van der Waals surface area contributed by atoms with Gasteiger partial charge in [0.05, 0.1) is 11.1 Å². The molecule has 1 aromatic heterocycles. The highest BCUT2D eigenvalue weighted by molar-refractivity contribution is 6.06. The van der Waals surface area contributed by atoms with E-state index in [0.29, 0.717) is 17.6 Å². The van der Waals surface area contributed by atoms with Gasteiger partial charge < -0.3 is 9.47 Å². The summed E-state index contributed by atoms with van der Waals surface area (Å²) in [5.74, 6) is -0.0187. The molecule has 3 heterocycles. The van der Waals surface area contributed by atoms with E-state index in [-0.39, 0.29) is 11.5 Å². The molecule has 25 heavy (non-hydrogen) atoms. The number of carbonyl (C=O) groups excluding carboxylic acids is 1. The maximum Gasteiger partial charge on any atom is 0.254 e. The molecule has 0 spiro atoms. The summed E-state index contributed by atoms with van der Waals surface area (Å²) in [6.07, 6.45) is 3.82. The third-order valence-electron chi connectivity index (χ3n) is 5.86. The molecule has 1 aromatic carbocycles. The topological polar surface area (TPSA) is 45.6 Å². The molecule has 2 aliphatic heterocycles. The van der Waals surface area contributed by atoms with Gasteiger partial charge in [-0.1, -0.05) is 24.6 Å². The average Bonchev–Trinajstić information content (AvgIpc) is 2.58. The van der Waals surface area contributed by atoms with Gasteiger partial charge in [-0.3, -0.25) is 14.5 Å². The summed E-state index contributed by atoms with van der Waals surface area (Å²) in [6, 6.07) is 10.2. The first-order valence-electron chi connectivity index (χ1n) is 9.20. The zero-order valence-electron chi connectivity index (χ0n) is 14.9. The molecule has 2 fully saturated rings. The number of nitrogens with zero attached hydrogens (tertiary/aromatic N) is 3. The Labute approximate surface area is 147 Å². The average molecular weight is 339 g/mol. The Morgan fingerprint density at radius 3 is 2.68 bits per heavy atom. The van der Waals surface area contributed by atoms with E-state index in [1.165, 1.54) is 25.3 Å². The van der Waals surface area contributed by atoms with Gasteiger partial charge in [-0.2, -0.15) is 0 Å². The van der Waals surface area contributed by atoms with Crippen molar-refractivity contribution in [1.82, 2.24) is 14.4 Å². The van der Waals surface area contributed by atoms with Crippen LogP contribution in [0.15, 0.2) is 35.1 Å². The third kappa shape index (κ3) is 2.76. The predicted molar refractivity (Wildman–Crippen MR) is 98.9 cm³/mol. The van der Waals surface area contributed by atoms with E-state index in [1.807, 2.05) is 29.2 Å². The first-order valence-corrected chi connectivity index (χ1v) is 9.20. The molecule has 0 bridgehead atoms. The summed E-state index contributed by atoms with van der Waals surface area (Å²) in [5.41, 5.74) is 1.20. The quantitative estimate of drug-likeness (QED) is 0.843. The number of piperidine rings is 1. The Bertz CT molecular complexity index is 867. The van der Waals surface area contributed by atoms with Gasteiger partial charge in [0.2, 0.25) is 0 Å². The van der Waals surface area contributed by atoms with Gasteiger partial charge in [0, 0.05) is 43.7 Å². The molecule has 5 nitrogen and oxygen atoms in total. The van der Waals surface area contributed by atoms with Gasteiger partial charge in [0.15, 0.2) is 0 Å². The minimum Gasteiger partial charge on any atom is -0.335 e. The highest BCUT2D eigenvalue weighted by atomic mass is 16.2. The molecule has 5 heteroatoms. The van der Waals surface area contributed by atoms with Crippen LogP contribution in [0.3, 0.4) is 0 Å². The second-order valence-electron chi connectivity index (χ2n) is 7.42. The smallest absolute Gasteiger partial charge is 0.254 e. The van der Waals surface area contributed by atoms with Gasteiger partial charge >= 0.3 is 0 Å². The highest BCUT2D eigenvalue weighted by Gasteiger charge is 2.38. The Hall–Kier alpha value is -2.14. The molecular formula is C20H25N3O2. The van der Waals surface area contributed by atoms with Gasteiger partial charge in [-0.05, 0) is 32.4 Å². The number of carbonyl (C=O) groups is 1. The second-order valence-corrected chi connectivity index (χ2v) is 7.42. The molecule has 2 aliphatic rings. The number of aryl methyl sites for hydroxylation is 1. The summed E-state index contributed by atoms with van der Waals surface area (Å²) in [4.78, 5) is 29.6. The van der Waals surface area contributed by atoms with Crippen molar-refractivity contribution in [2.75, 3.05) is 19.6 Å². The molecule has 0 radical (unpaired) electrons. The van der Waals surface area contributed by atoms with E-state index in [0.717, 1.165) is 30.5 Å². The molecule has 1 atom stereocenters. The van der Waals surface area contributed by atoms with Crippen LogP contribution in [0.4, 0.5) is 0 Å². The fraction of sp³-hybridized carbons (Fsp3) is 0.500. The summed E-state index contributed by atoms with van der Waals surface area (Å²) >= 11 is 0. The van der Waals surface area contributed by atoms with E-state index in [4.69, 9.17) is 0 Å². The van der Waals surface area contributed by atoms with Crippen molar-refractivity contribution in [3.8, 4) is 0 Å². The number of hydrogen-bond acceptors (Lipinski definition) is 3. The first-order chi connectivity index (χ1) is 12.1. The monoisotopic (exact) mass is 339 g/mol. The SMILES string of the molecule is C[C@H]1CCCCN1C1CN(C(=O)c2cc(=O)n(C)c3ccccc23)C1. The van der Waals surface area contributed by atoms with Gasteiger partial charge in [-0.15, -0.1) is 0 Å². The van der Waals surface area contributed by atoms with E-state index in [2.05, 4.69) is 11.8 Å². The van der Waals surface area contributed by atoms with Gasteiger partial charge in [-0.25, -0.2) is 0 Å². The number of pyridine rings is 1. The minimum atomic E-state index is -0.135. The van der Waals surface area contributed by atoms with Crippen LogP contribution in [0.25, 0.3) is 10.9 Å². The number of fused-ring (bicyclic) bond motifs is 1. The van der Waals surface area contributed by atoms with Gasteiger partial charge in [0.25, 0.3) is 11.5 Å². The zero-order chi connectivity index (χ0) is 17.6. The molecule has 132 valence electrons. The number of rotatable bonds is 2. The summed E-state index contributed by atoms with van der Waals surface area (Å²) in [6.45, 7) is 4.97. The highest BCUT2D eigenvalue weighted by Crippen LogP contribution is 2.26. The lowest BCUT2D eigenvalue weighted by atomic mass is 9.96. The number of hydrogen-bond donors (Lipinski definition) is 0. The minimum absolute atomic E-state index is 0.0187. The molecule has 0 aliphatic carbocycles. The van der Waals surface area contributed by atoms with Crippen LogP contribution in [0, 0.1) is 0 Å². The van der Waals surface area contributed by atoms with Crippen molar-refractivity contribution in [2.24, 2.45) is 7.05 Å². The number of likely N-dealkylation sites (tertiary alicyclic amines) is 2. The maximum absolute atomic E-state index is 13.0. The fourth-order valence-corrected chi connectivity index (χ4v) is 4.25. The van der Waals surface area contributed by atoms with E-state index in [1.54, 1.807) is 11.6 Å². The first kappa shape index (κ1) is 16.3. The van der Waals surface area contributed by atoms with Crippen molar-refractivity contribution in [3.63, 3.8) is 0 Å². The molecule has 1 amide bonds. The van der Waals surface area contributed by atoms with Crippen molar-refractivity contribution >= 4 is 16.8 Å². The summed E-state index contributed by atoms with van der Waals surface area (Å²) in [7, 11) is 1.75. The van der Waals surface area contributed by atoms with Crippen LogP contribution in [0.1, 0.15) is 36.5 Å². The van der Waals surface area contributed by atoms with Gasteiger partial charge in [0.1, 0.15) is 0 Å². The lowest BCUT2D eigenvalue weighted by molar-refractivity contribution is 0.00222. The van der Waals surface area contributed by atoms with Crippen LogP contribution in [0.5, 0.6) is 0 Å². The second kappa shape index (κ2) is 6.30. The lowest BCUT2D eigenvalue weighted by Gasteiger charge is -2.49. The van der Waals surface area contributed by atoms with E-state index >= 15 is 0 Å². The summed E-state index contributed by atoms with van der Waals surface area (Å²) in [5, 5.41) is 0.851. The van der Waals surface area contributed by atoms with Crippen molar-refractivity contribution < 1.29 is 4.79 Å². The molecule has 4 rings (SSSR count). The van der Waals surface area contributed by atoms with Crippen LogP contribution in [0.2, 0.25) is 0 Å². The van der Waals surface area contributed by atoms with E-state index < -0.39 is 0 Å². The van der Waals surface area contributed by atoms with Crippen molar-refractivity contribution in [1.29, 1.82) is 0 Å². The normalized spacial score (nSPS) is 22.2. The molecule has 0 saturated carbocycles. The Morgan fingerprint density at radius 2 is 1.92 bits per heavy atom. The molecule has 2 saturated heterocycles. The number of benzene rings is 1. The summed E-state index contributed by atoms with van der Waals surface area (Å²) < 4.78 is 1.60. The van der Waals surface area contributed by atoms with E-state index in [9.17, 15) is 9.59 Å². The third-order valence-corrected chi connectivity index (χ3v) is 5.86. The van der Waals surface area contributed by atoms with Crippen LogP contribution >= 0.6 is 0 Å². The Morgan fingerprint density at radius 1 is 1.16 bits per heavy atom. The maximum atomic E-state index is 13.0. The Kier molecular flexibility index (Phi) is 4.12. The van der Waals surface area contributed by atoms with Crippen molar-refractivity contribution in [3.05, 3.63) is 46.2 Å². The Balaban J connectivity index is 1.56. The molecule has 0 N–H and O–H groups in total. The van der Waals surface area contributed by atoms with Crippen molar-refractivity contribution in [2.45, 2.75) is 38.3 Å². The number of aromatic nitrogens is 1. The molecular weight excluding hydrogens is 314 g/mol. The number of para-hydroxylation sites is 1. The number of amides is 1. The fourth-order valence-electron chi connectivity index (χ4n) is 4.25. The van der Waals surface area contributed by atoms with Crippen LogP contribution in [-0.2, 0) is 7.05 Å². The van der Waals surface area contributed by atoms with Crippen LogP contribution < -0.4 is 5.56 Å². The largest absolute Gasteiger partial charge is 0.335 e. The standard InChI is InChI=1S/C20H25N3O2/c1-14-7-5-6-10-23(14)15-12-22(13-15)20(25)17-11-19(24)21(2)18-9-4-3-8-16(17)18/h3-4,8-9,11,14-15H,5-7,10,12-13H2,1-2H3/t14-/m0/s1.